The number of rotatable bonds is 6. The summed E-state index contributed by atoms with van der Waals surface area (Å²) in [4.78, 5) is 27.6. The van der Waals surface area contributed by atoms with E-state index in [1.54, 1.807) is 17.5 Å². The smallest absolute Gasteiger partial charge is 0.264 e. The van der Waals surface area contributed by atoms with Crippen molar-refractivity contribution in [3.05, 3.63) is 45.8 Å². The molecule has 186 valence electrons. The van der Waals surface area contributed by atoms with Crippen LogP contribution in [-0.2, 0) is 0 Å². The number of aromatic nitrogens is 3. The summed E-state index contributed by atoms with van der Waals surface area (Å²) in [6.07, 6.45) is 1.27. The monoisotopic (exact) mass is 501 g/mol. The van der Waals surface area contributed by atoms with Crippen LogP contribution in [0.15, 0.2) is 34.4 Å². The summed E-state index contributed by atoms with van der Waals surface area (Å²) in [5, 5.41) is 35.8. The Hall–Kier alpha value is -2.86. The van der Waals surface area contributed by atoms with Crippen molar-refractivity contribution in [2.75, 3.05) is 29.9 Å². The third kappa shape index (κ3) is 4.81. The molecule has 4 atom stereocenters. The predicted octanol–water partition coefficient (Wildman–Crippen LogP) is 2.20. The Labute approximate surface area is 205 Å². The van der Waals surface area contributed by atoms with Gasteiger partial charge in [-0.1, -0.05) is 0 Å². The van der Waals surface area contributed by atoms with Gasteiger partial charge >= 0.3 is 0 Å². The zero-order valence-electron chi connectivity index (χ0n) is 19.0. The Morgan fingerprint density at radius 3 is 2.54 bits per heavy atom. The van der Waals surface area contributed by atoms with E-state index in [1.807, 2.05) is 4.90 Å². The van der Waals surface area contributed by atoms with Gasteiger partial charge in [-0.15, -0.1) is 11.3 Å². The SMILES string of the molecule is O=c1[nH]c(N2CCCCC2)nc(NC2C[C@H](CO)[C@@H](O)[C@H]2O)c1-c1nc(-c2ccc(F)cc2)cs1. The van der Waals surface area contributed by atoms with Gasteiger partial charge < -0.3 is 25.5 Å². The quantitative estimate of drug-likeness (QED) is 0.347. The summed E-state index contributed by atoms with van der Waals surface area (Å²) in [7, 11) is 0. The molecule has 5 N–H and O–H groups in total. The van der Waals surface area contributed by atoms with Crippen molar-refractivity contribution in [3.8, 4) is 21.8 Å². The highest BCUT2D eigenvalue weighted by atomic mass is 32.1. The van der Waals surface area contributed by atoms with E-state index in [9.17, 15) is 24.5 Å². The molecule has 1 unspecified atom stereocenters. The number of anilines is 2. The first-order valence-corrected chi connectivity index (χ1v) is 12.7. The highest BCUT2D eigenvalue weighted by molar-refractivity contribution is 7.13. The number of hydrogen-bond donors (Lipinski definition) is 5. The molecule has 2 aromatic heterocycles. The minimum atomic E-state index is -1.12. The summed E-state index contributed by atoms with van der Waals surface area (Å²) >= 11 is 1.27. The fourth-order valence-electron chi connectivity index (χ4n) is 4.79. The van der Waals surface area contributed by atoms with E-state index in [4.69, 9.17) is 4.98 Å². The lowest BCUT2D eigenvalue weighted by atomic mass is 10.1. The van der Waals surface area contributed by atoms with E-state index in [0.717, 1.165) is 37.9 Å². The zero-order chi connectivity index (χ0) is 24.5. The van der Waals surface area contributed by atoms with Gasteiger partial charge in [-0.2, -0.15) is 4.98 Å². The van der Waals surface area contributed by atoms with Gasteiger partial charge in [0.15, 0.2) is 0 Å². The maximum absolute atomic E-state index is 13.3. The Balaban J connectivity index is 1.53. The third-order valence-corrected chi connectivity index (χ3v) is 7.64. The van der Waals surface area contributed by atoms with Crippen molar-refractivity contribution in [2.45, 2.75) is 43.9 Å². The number of nitrogens with zero attached hydrogens (tertiary/aromatic N) is 3. The van der Waals surface area contributed by atoms with Gasteiger partial charge in [-0.25, -0.2) is 9.37 Å². The lowest BCUT2D eigenvalue weighted by Crippen LogP contribution is -2.37. The molecular weight excluding hydrogens is 473 g/mol. The van der Waals surface area contributed by atoms with Crippen LogP contribution in [0.3, 0.4) is 0 Å². The normalized spacial score (nSPS) is 24.6. The molecule has 0 spiro atoms. The maximum Gasteiger partial charge on any atom is 0.264 e. The van der Waals surface area contributed by atoms with Crippen LogP contribution in [0.2, 0.25) is 0 Å². The fourth-order valence-corrected chi connectivity index (χ4v) is 5.66. The van der Waals surface area contributed by atoms with Crippen LogP contribution in [-0.4, -0.2) is 68.2 Å². The molecule has 1 saturated heterocycles. The van der Waals surface area contributed by atoms with Crippen LogP contribution < -0.4 is 15.8 Å². The lowest BCUT2D eigenvalue weighted by molar-refractivity contribution is 0.00446. The summed E-state index contributed by atoms with van der Waals surface area (Å²) in [6, 6.07) is 5.36. The van der Waals surface area contributed by atoms with E-state index in [0.29, 0.717) is 23.1 Å². The highest BCUT2D eigenvalue weighted by Gasteiger charge is 2.41. The first kappa shape index (κ1) is 23.9. The van der Waals surface area contributed by atoms with Gasteiger partial charge in [-0.05, 0) is 49.9 Å². The van der Waals surface area contributed by atoms with E-state index in [2.05, 4.69) is 15.3 Å². The fraction of sp³-hybridized carbons (Fsp3) is 0.458. The highest BCUT2D eigenvalue weighted by Crippen LogP contribution is 2.34. The number of piperidine rings is 1. The maximum atomic E-state index is 13.3. The number of aromatic amines is 1. The van der Waals surface area contributed by atoms with Crippen molar-refractivity contribution in [1.29, 1.82) is 0 Å². The second kappa shape index (κ2) is 10.0. The summed E-state index contributed by atoms with van der Waals surface area (Å²) < 4.78 is 13.3. The summed E-state index contributed by atoms with van der Waals surface area (Å²) in [5.74, 6) is -0.102. The van der Waals surface area contributed by atoms with Crippen molar-refractivity contribution >= 4 is 23.1 Å². The third-order valence-electron chi connectivity index (χ3n) is 6.78. The number of thiazole rings is 1. The van der Waals surface area contributed by atoms with Crippen molar-refractivity contribution in [1.82, 2.24) is 15.0 Å². The predicted molar refractivity (Wildman–Crippen MR) is 132 cm³/mol. The Morgan fingerprint density at radius 1 is 1.11 bits per heavy atom. The number of aliphatic hydroxyl groups excluding tert-OH is 3. The van der Waals surface area contributed by atoms with Crippen LogP contribution in [0, 0.1) is 11.7 Å². The molecule has 0 amide bonds. The van der Waals surface area contributed by atoms with Gasteiger partial charge in [0.25, 0.3) is 5.56 Å². The van der Waals surface area contributed by atoms with Crippen molar-refractivity contribution < 1.29 is 19.7 Å². The van der Waals surface area contributed by atoms with Crippen LogP contribution in [0.1, 0.15) is 25.7 Å². The minimum absolute atomic E-state index is 0.234. The van der Waals surface area contributed by atoms with Crippen LogP contribution in [0.25, 0.3) is 21.8 Å². The first-order valence-electron chi connectivity index (χ1n) is 11.8. The molecule has 2 fully saturated rings. The first-order chi connectivity index (χ1) is 16.9. The average Bonchev–Trinajstić information content (AvgIpc) is 3.45. The zero-order valence-corrected chi connectivity index (χ0v) is 19.8. The molecule has 2 aliphatic rings. The van der Waals surface area contributed by atoms with Gasteiger partial charge in [0, 0.05) is 36.6 Å². The van der Waals surface area contributed by atoms with Crippen molar-refractivity contribution in [2.24, 2.45) is 5.92 Å². The molecule has 35 heavy (non-hydrogen) atoms. The van der Waals surface area contributed by atoms with E-state index < -0.39 is 24.2 Å². The number of H-pyrrole nitrogens is 1. The van der Waals surface area contributed by atoms with Gasteiger partial charge in [0.05, 0.1) is 17.8 Å². The van der Waals surface area contributed by atoms with Gasteiger partial charge in [0.1, 0.15) is 28.3 Å². The number of aliphatic hydroxyl groups is 3. The average molecular weight is 502 g/mol. The Bertz CT molecular complexity index is 1230. The Morgan fingerprint density at radius 2 is 1.86 bits per heavy atom. The molecule has 9 nitrogen and oxygen atoms in total. The van der Waals surface area contributed by atoms with Crippen LogP contribution in [0.5, 0.6) is 0 Å². The van der Waals surface area contributed by atoms with Gasteiger partial charge in [-0.3, -0.25) is 9.78 Å². The number of halogens is 1. The molecule has 5 rings (SSSR count). The molecule has 1 aliphatic carbocycles. The largest absolute Gasteiger partial charge is 0.396 e. The van der Waals surface area contributed by atoms with Gasteiger partial charge in [0.2, 0.25) is 5.95 Å². The minimum Gasteiger partial charge on any atom is -0.396 e. The van der Waals surface area contributed by atoms with E-state index in [1.165, 1.54) is 23.5 Å². The molecule has 1 aromatic carbocycles. The molecule has 1 saturated carbocycles. The number of nitrogens with one attached hydrogen (secondary N) is 2. The molecule has 1 aliphatic heterocycles. The standard InChI is InChI=1S/C24H28FN5O4S/c25-15-6-4-13(5-7-15)17-12-35-23(27-17)18-21(26-16-10-14(11-31)19(32)20(16)33)28-24(29-22(18)34)30-8-2-1-3-9-30/h4-7,12,14,16,19-20,31-33H,1-3,8-11H2,(H2,26,28,29,34)/t14-,16?,19-,20+/m1/s1. The van der Waals surface area contributed by atoms with Crippen LogP contribution >= 0.6 is 11.3 Å². The number of benzene rings is 1. The second-order valence-electron chi connectivity index (χ2n) is 9.12. The molecule has 3 heterocycles. The van der Waals surface area contributed by atoms with Crippen molar-refractivity contribution in [3.63, 3.8) is 0 Å². The molecule has 0 bridgehead atoms. The van der Waals surface area contributed by atoms with Crippen LogP contribution in [0.4, 0.5) is 16.2 Å². The summed E-state index contributed by atoms with van der Waals surface area (Å²) in [5.41, 5.74) is 1.19. The molecule has 0 radical (unpaired) electrons. The lowest BCUT2D eigenvalue weighted by Gasteiger charge is -2.28. The molecule has 3 aromatic rings. The van der Waals surface area contributed by atoms with E-state index >= 15 is 0 Å². The molecule has 11 heteroatoms. The number of hydrogen-bond acceptors (Lipinski definition) is 9. The Kier molecular flexibility index (Phi) is 6.83. The topological polar surface area (TPSA) is 135 Å². The van der Waals surface area contributed by atoms with E-state index in [-0.39, 0.29) is 29.4 Å². The summed E-state index contributed by atoms with van der Waals surface area (Å²) in [6.45, 7) is 1.31. The second-order valence-corrected chi connectivity index (χ2v) is 9.97. The molecular formula is C24H28FN5O4S.